The van der Waals surface area contributed by atoms with Gasteiger partial charge in [0.1, 0.15) is 5.82 Å². The minimum Gasteiger partial charge on any atom is -0.306 e. The fraction of sp³-hybridized carbons (Fsp3) is 0.333. The zero-order chi connectivity index (χ0) is 14.8. The molecule has 1 aromatic heterocycles. The molecule has 3 rings (SSSR count). The van der Waals surface area contributed by atoms with Crippen molar-refractivity contribution in [2.24, 2.45) is 0 Å². The first-order chi connectivity index (χ1) is 10.1. The number of hydrogen-bond acceptors (Lipinski definition) is 4. The average Bonchev–Trinajstić information content (AvgIpc) is 2.73. The third-order valence-electron chi connectivity index (χ3n) is 3.77. The number of rotatable bonds is 2. The Bertz CT molecular complexity index is 752. The van der Waals surface area contributed by atoms with Crippen LogP contribution in [0.1, 0.15) is 30.5 Å². The lowest BCUT2D eigenvalue weighted by Crippen LogP contribution is -2.18. The Labute approximate surface area is 121 Å². The molecule has 0 saturated heterocycles. The van der Waals surface area contributed by atoms with E-state index in [2.05, 4.69) is 9.97 Å². The van der Waals surface area contributed by atoms with Crippen LogP contribution in [0.4, 0.5) is 5.69 Å². The summed E-state index contributed by atoms with van der Waals surface area (Å²) in [5.74, 6) is 0.407. The quantitative estimate of drug-likeness (QED) is 0.522. The number of aryl methyl sites for hydroxylation is 1. The topological polar surface area (TPSA) is 88.9 Å². The molecule has 2 aromatic rings. The molecule has 0 radical (unpaired) electrons. The highest BCUT2D eigenvalue weighted by molar-refractivity contribution is 5.59. The summed E-state index contributed by atoms with van der Waals surface area (Å²) in [6.07, 6.45) is 4.68. The lowest BCUT2D eigenvalue weighted by atomic mass is 10.1. The van der Waals surface area contributed by atoms with Crippen molar-refractivity contribution < 1.29 is 4.92 Å². The van der Waals surface area contributed by atoms with Crippen molar-refractivity contribution in [1.82, 2.24) is 9.97 Å². The van der Waals surface area contributed by atoms with Gasteiger partial charge in [0.05, 0.1) is 10.6 Å². The van der Waals surface area contributed by atoms with Gasteiger partial charge in [0.25, 0.3) is 11.2 Å². The smallest absolute Gasteiger partial charge is 0.270 e. The number of H-pyrrole nitrogens is 1. The van der Waals surface area contributed by atoms with Crippen molar-refractivity contribution in [3.63, 3.8) is 0 Å². The second-order valence-corrected chi connectivity index (χ2v) is 5.21. The van der Waals surface area contributed by atoms with Crippen molar-refractivity contribution in [1.29, 1.82) is 0 Å². The average molecular weight is 285 g/mol. The van der Waals surface area contributed by atoms with E-state index in [0.717, 1.165) is 43.4 Å². The molecule has 0 fully saturated rings. The molecule has 21 heavy (non-hydrogen) atoms. The summed E-state index contributed by atoms with van der Waals surface area (Å²) in [7, 11) is 0. The molecule has 1 heterocycles. The third-order valence-corrected chi connectivity index (χ3v) is 3.77. The van der Waals surface area contributed by atoms with Crippen LogP contribution in [-0.4, -0.2) is 14.9 Å². The molecule has 0 bridgehead atoms. The summed E-state index contributed by atoms with van der Waals surface area (Å²) in [4.78, 5) is 29.9. The van der Waals surface area contributed by atoms with Gasteiger partial charge in [-0.05, 0) is 25.7 Å². The zero-order valence-electron chi connectivity index (χ0n) is 11.5. The number of nitrogens with zero attached hydrogens (tertiary/aromatic N) is 2. The third kappa shape index (κ3) is 2.69. The van der Waals surface area contributed by atoms with Crippen LogP contribution in [-0.2, 0) is 12.8 Å². The van der Waals surface area contributed by atoms with Crippen molar-refractivity contribution in [2.75, 3.05) is 0 Å². The largest absolute Gasteiger partial charge is 0.306 e. The lowest BCUT2D eigenvalue weighted by Gasteiger charge is -2.07. The number of nitrogens with one attached hydrogen (secondary N) is 1. The Kier molecular flexibility index (Phi) is 3.51. The zero-order valence-corrected chi connectivity index (χ0v) is 11.5. The number of non-ortho nitro benzene ring substituents is 1. The summed E-state index contributed by atoms with van der Waals surface area (Å²) in [6, 6.07) is 6.17. The molecule has 0 amide bonds. The van der Waals surface area contributed by atoms with E-state index in [1.165, 1.54) is 12.1 Å². The standard InChI is InChI=1S/C15H15N3O3/c19-15-12-7-2-1-3-8-13(12)16-14(17-15)10-5-4-6-11(9-10)18(20)21/h4-6,9H,1-3,7-8H2,(H,16,17,19). The summed E-state index contributed by atoms with van der Waals surface area (Å²) in [5.41, 5.74) is 2.03. The molecule has 1 aromatic carbocycles. The number of nitro benzene ring substituents is 1. The highest BCUT2D eigenvalue weighted by Crippen LogP contribution is 2.22. The lowest BCUT2D eigenvalue weighted by molar-refractivity contribution is -0.384. The van der Waals surface area contributed by atoms with Crippen LogP contribution in [0.25, 0.3) is 11.4 Å². The van der Waals surface area contributed by atoms with Crippen LogP contribution in [0.3, 0.4) is 0 Å². The number of aromatic amines is 1. The van der Waals surface area contributed by atoms with Gasteiger partial charge in [-0.3, -0.25) is 14.9 Å². The predicted octanol–water partition coefficient (Wildman–Crippen LogP) is 2.61. The van der Waals surface area contributed by atoms with Crippen LogP contribution in [0.5, 0.6) is 0 Å². The SMILES string of the molecule is O=c1[nH]c(-c2cccc([N+](=O)[O-])c2)nc2c1CCCCC2. The van der Waals surface area contributed by atoms with Gasteiger partial charge >= 0.3 is 0 Å². The van der Waals surface area contributed by atoms with Crippen molar-refractivity contribution in [3.8, 4) is 11.4 Å². The highest BCUT2D eigenvalue weighted by atomic mass is 16.6. The molecule has 108 valence electrons. The summed E-state index contributed by atoms with van der Waals surface area (Å²) in [5, 5.41) is 10.8. The maximum atomic E-state index is 12.2. The molecule has 6 nitrogen and oxygen atoms in total. The number of hydrogen-bond donors (Lipinski definition) is 1. The van der Waals surface area contributed by atoms with Crippen LogP contribution in [0, 0.1) is 10.1 Å². The van der Waals surface area contributed by atoms with Crippen LogP contribution in [0.2, 0.25) is 0 Å². The maximum Gasteiger partial charge on any atom is 0.270 e. The van der Waals surface area contributed by atoms with E-state index < -0.39 is 4.92 Å². The Balaban J connectivity index is 2.09. The first-order valence-corrected chi connectivity index (χ1v) is 7.02. The van der Waals surface area contributed by atoms with Gasteiger partial charge < -0.3 is 4.98 Å². The van der Waals surface area contributed by atoms with E-state index in [1.54, 1.807) is 12.1 Å². The number of fused-ring (bicyclic) bond motifs is 1. The van der Waals surface area contributed by atoms with Crippen molar-refractivity contribution in [2.45, 2.75) is 32.1 Å². The van der Waals surface area contributed by atoms with E-state index in [9.17, 15) is 14.9 Å². The van der Waals surface area contributed by atoms with Gasteiger partial charge in [-0.1, -0.05) is 18.6 Å². The number of nitro groups is 1. The number of benzene rings is 1. The van der Waals surface area contributed by atoms with Crippen LogP contribution < -0.4 is 5.56 Å². The van der Waals surface area contributed by atoms with Gasteiger partial charge in [-0.15, -0.1) is 0 Å². The van der Waals surface area contributed by atoms with Gasteiger partial charge in [0, 0.05) is 23.3 Å². The van der Waals surface area contributed by atoms with E-state index in [1.807, 2.05) is 0 Å². The van der Waals surface area contributed by atoms with Crippen LogP contribution in [0.15, 0.2) is 29.1 Å². The molecular weight excluding hydrogens is 270 g/mol. The van der Waals surface area contributed by atoms with Crippen molar-refractivity contribution >= 4 is 5.69 Å². The van der Waals surface area contributed by atoms with Crippen LogP contribution >= 0.6 is 0 Å². The fourth-order valence-electron chi connectivity index (χ4n) is 2.68. The van der Waals surface area contributed by atoms with Gasteiger partial charge in [-0.25, -0.2) is 4.98 Å². The molecule has 1 aliphatic rings. The molecule has 0 spiro atoms. The maximum absolute atomic E-state index is 12.2. The monoisotopic (exact) mass is 285 g/mol. The summed E-state index contributed by atoms with van der Waals surface area (Å²) in [6.45, 7) is 0. The molecule has 1 aliphatic carbocycles. The van der Waals surface area contributed by atoms with Gasteiger partial charge in [-0.2, -0.15) is 0 Å². The van der Waals surface area contributed by atoms with E-state index in [0.29, 0.717) is 11.4 Å². The molecule has 6 heteroatoms. The normalized spacial score (nSPS) is 14.3. The minimum atomic E-state index is -0.453. The molecular formula is C15H15N3O3. The van der Waals surface area contributed by atoms with E-state index in [-0.39, 0.29) is 11.2 Å². The second-order valence-electron chi connectivity index (χ2n) is 5.21. The first kappa shape index (κ1) is 13.5. The molecule has 0 aliphatic heterocycles. The molecule has 1 N–H and O–H groups in total. The Morgan fingerprint density at radius 3 is 2.81 bits per heavy atom. The second kappa shape index (κ2) is 5.47. The Morgan fingerprint density at radius 2 is 2.00 bits per heavy atom. The first-order valence-electron chi connectivity index (χ1n) is 7.02. The number of aromatic nitrogens is 2. The van der Waals surface area contributed by atoms with Gasteiger partial charge in [0.2, 0.25) is 0 Å². The fourth-order valence-corrected chi connectivity index (χ4v) is 2.68. The van der Waals surface area contributed by atoms with Gasteiger partial charge in [0.15, 0.2) is 0 Å². The van der Waals surface area contributed by atoms with E-state index in [4.69, 9.17) is 0 Å². The summed E-state index contributed by atoms with van der Waals surface area (Å²) >= 11 is 0. The van der Waals surface area contributed by atoms with Crippen molar-refractivity contribution in [3.05, 3.63) is 56.0 Å². The summed E-state index contributed by atoms with van der Waals surface area (Å²) < 4.78 is 0. The molecule has 0 saturated carbocycles. The minimum absolute atomic E-state index is 0.00917. The Morgan fingerprint density at radius 1 is 1.19 bits per heavy atom. The highest BCUT2D eigenvalue weighted by Gasteiger charge is 2.16. The van der Waals surface area contributed by atoms with E-state index >= 15 is 0 Å². The molecule has 0 atom stereocenters. The molecule has 0 unspecified atom stereocenters. The Hall–Kier alpha value is -2.50. The predicted molar refractivity (Wildman–Crippen MR) is 78.2 cm³/mol.